The lowest BCUT2D eigenvalue weighted by Crippen LogP contribution is -2.60. The molecule has 4 unspecified atom stereocenters. The number of carbonyl (C=O) groups is 5. The molecule has 0 bridgehead atoms. The quantitative estimate of drug-likeness (QED) is 0.146. The van der Waals surface area contributed by atoms with E-state index in [1.54, 1.807) is 47.6 Å². The molecule has 15 nitrogen and oxygen atoms in total. The van der Waals surface area contributed by atoms with Gasteiger partial charge in [-0.15, -0.1) is 0 Å². The average molecular weight is 843 g/mol. The van der Waals surface area contributed by atoms with Gasteiger partial charge in [-0.1, -0.05) is 72.9 Å². The number of esters is 2. The van der Waals surface area contributed by atoms with Crippen LogP contribution < -0.4 is 16.1 Å². The summed E-state index contributed by atoms with van der Waals surface area (Å²) in [7, 11) is 0. The van der Waals surface area contributed by atoms with Crippen molar-refractivity contribution in [3.8, 4) is 0 Å². The lowest BCUT2D eigenvalue weighted by molar-refractivity contribution is -0.195. The van der Waals surface area contributed by atoms with Gasteiger partial charge in [0.2, 0.25) is 9.39 Å². The number of hydrogen-bond donors (Lipinski definition) is 3. The molecule has 308 valence electrons. The summed E-state index contributed by atoms with van der Waals surface area (Å²) in [5, 5.41) is 7.51. The van der Waals surface area contributed by atoms with Crippen LogP contribution in [0.15, 0.2) is 36.4 Å². The summed E-state index contributed by atoms with van der Waals surface area (Å²) >= 11 is 17.0. The molecule has 0 radical (unpaired) electrons. The Labute approximate surface area is 341 Å². The molecule has 4 rings (SSSR count). The topological polar surface area (TPSA) is 184 Å². The van der Waals surface area contributed by atoms with Crippen LogP contribution in [0.25, 0.3) is 17.0 Å². The minimum atomic E-state index is -1.79. The Balaban J connectivity index is 1.44. The molecule has 1 aromatic heterocycles. The van der Waals surface area contributed by atoms with E-state index in [1.165, 1.54) is 18.0 Å². The van der Waals surface area contributed by atoms with E-state index in [-0.39, 0.29) is 26.4 Å². The Morgan fingerprint density at radius 2 is 1.77 bits per heavy atom. The zero-order valence-electron chi connectivity index (χ0n) is 32.5. The van der Waals surface area contributed by atoms with Gasteiger partial charge in [-0.25, -0.2) is 15.0 Å². The smallest absolute Gasteiger partial charge is 0.408 e. The highest BCUT2D eigenvalue weighted by Crippen LogP contribution is 2.27. The van der Waals surface area contributed by atoms with Crippen LogP contribution in [0.3, 0.4) is 0 Å². The fourth-order valence-corrected chi connectivity index (χ4v) is 5.94. The highest BCUT2D eigenvalue weighted by atomic mass is 35.6. The second-order valence-electron chi connectivity index (χ2n) is 15.0. The first kappa shape index (κ1) is 45.0. The molecule has 1 aromatic carbocycles. The molecule has 18 heteroatoms. The predicted molar refractivity (Wildman–Crippen MR) is 210 cm³/mol. The van der Waals surface area contributed by atoms with E-state index in [2.05, 4.69) is 16.1 Å². The molecule has 2 aliphatic rings. The molecule has 2 aromatic rings. The third-order valence-electron chi connectivity index (χ3n) is 8.65. The van der Waals surface area contributed by atoms with Crippen molar-refractivity contribution in [1.82, 2.24) is 26.1 Å². The van der Waals surface area contributed by atoms with Crippen LogP contribution in [0.5, 0.6) is 0 Å². The Morgan fingerprint density at radius 1 is 1.05 bits per heavy atom. The summed E-state index contributed by atoms with van der Waals surface area (Å²) in [6, 6.07) is 6.91. The number of benzene rings is 1. The van der Waals surface area contributed by atoms with E-state index in [9.17, 15) is 24.0 Å². The molecule has 0 saturated carbocycles. The number of hydrazine groups is 1. The number of carbonyl (C=O) groups excluding carboxylic acids is 5. The number of fused-ring (bicyclic) bond motifs is 1. The van der Waals surface area contributed by atoms with Gasteiger partial charge in [0.15, 0.2) is 6.10 Å². The number of amides is 3. The van der Waals surface area contributed by atoms with Gasteiger partial charge in [-0.2, -0.15) is 0 Å². The molecule has 0 spiro atoms. The maximum atomic E-state index is 13.9. The number of rotatable bonds is 12. The molecule has 2 aliphatic heterocycles. The van der Waals surface area contributed by atoms with Crippen molar-refractivity contribution in [3.05, 3.63) is 47.7 Å². The van der Waals surface area contributed by atoms with Crippen molar-refractivity contribution in [1.29, 1.82) is 0 Å². The lowest BCUT2D eigenvalue weighted by atomic mass is 10.0. The van der Waals surface area contributed by atoms with E-state index < -0.39 is 81.6 Å². The van der Waals surface area contributed by atoms with Crippen molar-refractivity contribution in [2.45, 2.75) is 101 Å². The van der Waals surface area contributed by atoms with Gasteiger partial charge in [-0.05, 0) is 77.2 Å². The van der Waals surface area contributed by atoms with Crippen LogP contribution in [-0.2, 0) is 42.9 Å². The molecule has 3 heterocycles. The molecule has 3 amide bonds. The van der Waals surface area contributed by atoms with Crippen molar-refractivity contribution in [2.24, 2.45) is 5.92 Å². The summed E-state index contributed by atoms with van der Waals surface area (Å²) in [6.07, 6.45) is 2.21. The molecular formula is C38H50Cl3N5O10. The molecule has 56 heavy (non-hydrogen) atoms. The molecule has 5 atom stereocenters. The van der Waals surface area contributed by atoms with Crippen LogP contribution in [-0.4, -0.2) is 106 Å². The van der Waals surface area contributed by atoms with Crippen molar-refractivity contribution in [2.75, 3.05) is 33.0 Å². The second kappa shape index (κ2) is 19.1. The number of nitrogens with zero attached hydrogens (tertiary/aromatic N) is 2. The number of pyridine rings is 1. The van der Waals surface area contributed by atoms with Gasteiger partial charge in [0.05, 0.1) is 37.1 Å². The van der Waals surface area contributed by atoms with Gasteiger partial charge in [0.25, 0.3) is 11.8 Å². The number of alkyl halides is 3. The number of alkyl carbamates (subject to hydrolysis) is 1. The van der Waals surface area contributed by atoms with Crippen LogP contribution in [0.1, 0.15) is 78.6 Å². The summed E-state index contributed by atoms with van der Waals surface area (Å²) in [4.78, 5) is 70.3. The number of hydrogen-bond acceptors (Lipinski definition) is 12. The lowest BCUT2D eigenvalue weighted by Gasteiger charge is -2.35. The first-order valence-electron chi connectivity index (χ1n) is 18.3. The number of nitrogens with one attached hydrogen (secondary N) is 3. The Bertz CT molecular complexity index is 1770. The average Bonchev–Trinajstić information content (AvgIpc) is 3.13. The first-order valence-corrected chi connectivity index (χ1v) is 19.4. The van der Waals surface area contributed by atoms with Crippen LogP contribution in [0.2, 0.25) is 0 Å². The van der Waals surface area contributed by atoms with E-state index in [0.717, 1.165) is 5.39 Å². The Morgan fingerprint density at radius 3 is 2.41 bits per heavy atom. The normalized spacial score (nSPS) is 20.9. The summed E-state index contributed by atoms with van der Waals surface area (Å²) in [6.45, 7) is 12.0. The molecule has 0 aliphatic carbocycles. The second-order valence-corrected chi connectivity index (χ2v) is 17.5. The molecule has 3 N–H and O–H groups in total. The fraction of sp³-hybridized carbons (Fsp3) is 0.579. The van der Waals surface area contributed by atoms with Crippen LogP contribution in [0, 0.1) is 5.92 Å². The zero-order valence-corrected chi connectivity index (χ0v) is 34.8. The molecule has 2 fully saturated rings. The van der Waals surface area contributed by atoms with Gasteiger partial charge in [-0.3, -0.25) is 24.4 Å². The number of halogens is 3. The largest absolute Gasteiger partial charge is 0.460 e. The van der Waals surface area contributed by atoms with Gasteiger partial charge in [0.1, 0.15) is 24.3 Å². The highest BCUT2D eigenvalue weighted by molar-refractivity contribution is 6.67. The van der Waals surface area contributed by atoms with E-state index >= 15 is 0 Å². The maximum Gasteiger partial charge on any atom is 0.408 e. The first-order chi connectivity index (χ1) is 26.2. The minimum absolute atomic E-state index is 0.0938. The van der Waals surface area contributed by atoms with Crippen molar-refractivity contribution < 1.29 is 47.7 Å². The third kappa shape index (κ3) is 12.9. The molecule has 2 saturated heterocycles. The van der Waals surface area contributed by atoms with Gasteiger partial charge >= 0.3 is 18.0 Å². The van der Waals surface area contributed by atoms with E-state index in [0.29, 0.717) is 29.6 Å². The van der Waals surface area contributed by atoms with Gasteiger partial charge < -0.3 is 34.3 Å². The molecular weight excluding hydrogens is 793 g/mol. The van der Waals surface area contributed by atoms with E-state index in [4.69, 9.17) is 63.5 Å². The summed E-state index contributed by atoms with van der Waals surface area (Å²) in [5.41, 5.74) is 2.45. The Kier molecular flexibility index (Phi) is 15.4. The minimum Gasteiger partial charge on any atom is -0.460 e. The monoisotopic (exact) mass is 841 g/mol. The van der Waals surface area contributed by atoms with Crippen molar-refractivity contribution in [3.63, 3.8) is 0 Å². The third-order valence-corrected chi connectivity index (χ3v) is 8.98. The van der Waals surface area contributed by atoms with Gasteiger partial charge in [0, 0.05) is 11.9 Å². The summed E-state index contributed by atoms with van der Waals surface area (Å²) in [5.74, 6) is -3.27. The predicted octanol–water partition coefficient (Wildman–Crippen LogP) is 5.10. The van der Waals surface area contributed by atoms with Crippen LogP contribution >= 0.6 is 34.8 Å². The van der Waals surface area contributed by atoms with E-state index in [1.807, 2.05) is 30.3 Å². The highest BCUT2D eigenvalue weighted by Gasteiger charge is 2.44. The van der Waals surface area contributed by atoms with Crippen LogP contribution in [0.4, 0.5) is 4.79 Å². The fourth-order valence-electron chi connectivity index (χ4n) is 5.78. The SMILES string of the molecule is CC(NC(=O)C(OC(=O)C1(/C=C/c2ccc3ccc(C(C)NC(=O)OC(C)(C)C)nc3c2)COCCO1)C(C)C)C(=O)N1CCC[C@@H](C(=O)OCC(Cl)(Cl)Cl)N1. The maximum absolute atomic E-state index is 13.9. The zero-order chi connectivity index (χ0) is 41.4. The summed E-state index contributed by atoms with van der Waals surface area (Å²) < 4.78 is 26.1. The standard InChI is InChI=1S/C38H50Cl3N5O10/c1-22(2)30(31(47)42-24(4)32(48)46-16-8-9-28(45-46)33(49)53-21-38(39,40)41)55-34(50)37(20-52-17-18-54-37)15-14-25-10-11-26-12-13-27(44-29(26)19-25)23(3)43-35(51)56-36(5,6)7/h10-15,19,22-24,28,30,45H,8-9,16-18,20-21H2,1-7H3,(H,42,47)(H,43,51)/b15-14+/t23?,24?,28-,30?,37?/m0/s1. The van der Waals surface area contributed by atoms with Crippen molar-refractivity contribution >= 4 is 81.6 Å². The Hall–Kier alpha value is -3.73. The number of ether oxygens (including phenoxy) is 5. The number of aromatic nitrogens is 1.